The summed E-state index contributed by atoms with van der Waals surface area (Å²) < 4.78 is 37.0. The minimum Gasteiger partial charge on any atom is -0.422 e. The van der Waals surface area contributed by atoms with E-state index in [1.165, 1.54) is 5.56 Å². The quantitative estimate of drug-likeness (QED) is 0.283. The molecule has 2 aromatic carbocycles. The minimum atomic E-state index is -3.67. The second-order valence-electron chi connectivity index (χ2n) is 11.5. The molecule has 39 heavy (non-hydrogen) atoms. The van der Waals surface area contributed by atoms with E-state index in [0.717, 1.165) is 16.5 Å². The molecule has 5 rings (SSSR count). The highest BCUT2D eigenvalue weighted by Gasteiger charge is 2.34. The zero-order chi connectivity index (χ0) is 28.1. The summed E-state index contributed by atoms with van der Waals surface area (Å²) in [5.41, 5.74) is 3.72. The van der Waals surface area contributed by atoms with E-state index < -0.39 is 15.6 Å². The predicted molar refractivity (Wildman–Crippen MR) is 155 cm³/mol. The molecule has 1 aliphatic rings. The molecule has 0 saturated carbocycles. The van der Waals surface area contributed by atoms with E-state index in [9.17, 15) is 13.2 Å². The van der Waals surface area contributed by atoms with Crippen LogP contribution in [0.4, 0.5) is 0 Å². The van der Waals surface area contributed by atoms with Crippen molar-refractivity contribution in [3.8, 4) is 0 Å². The number of hydrogen-bond acceptors (Lipinski definition) is 6. The van der Waals surface area contributed by atoms with Gasteiger partial charge in [0.15, 0.2) is 0 Å². The van der Waals surface area contributed by atoms with Crippen molar-refractivity contribution in [3.05, 3.63) is 69.7 Å². The maximum Gasteiger partial charge on any atom is 0.347 e. The van der Waals surface area contributed by atoms with Crippen LogP contribution in [0.2, 0.25) is 0 Å². The summed E-state index contributed by atoms with van der Waals surface area (Å²) in [4.78, 5) is 15.1. The van der Waals surface area contributed by atoms with Crippen molar-refractivity contribution in [1.29, 1.82) is 0 Å². The number of para-hydroxylation sites is 1. The van der Waals surface area contributed by atoms with Crippen LogP contribution in [-0.4, -0.2) is 53.6 Å². The molecule has 1 fully saturated rings. The Morgan fingerprint density at radius 2 is 1.49 bits per heavy atom. The van der Waals surface area contributed by atoms with Crippen molar-refractivity contribution < 1.29 is 12.8 Å². The van der Waals surface area contributed by atoms with E-state index >= 15 is 0 Å². The third-order valence-corrected chi connectivity index (χ3v) is 9.71. The average Bonchev–Trinajstić information content (AvgIpc) is 3.32. The molecule has 1 aliphatic heterocycles. The summed E-state index contributed by atoms with van der Waals surface area (Å²) in [6.07, 6.45) is 1.72. The number of fused-ring (bicyclic) bond motifs is 3. The third kappa shape index (κ3) is 5.15. The van der Waals surface area contributed by atoms with Gasteiger partial charge in [-0.2, -0.15) is 9.40 Å². The summed E-state index contributed by atoms with van der Waals surface area (Å²) in [7, 11) is -3.67. The maximum atomic E-state index is 14.1. The largest absolute Gasteiger partial charge is 0.422 e. The zero-order valence-electron chi connectivity index (χ0n) is 23.6. The molecule has 0 radical (unpaired) electrons. The van der Waals surface area contributed by atoms with E-state index in [2.05, 4.69) is 63.7 Å². The Balaban J connectivity index is 1.39. The van der Waals surface area contributed by atoms with Crippen LogP contribution >= 0.6 is 0 Å². The number of hydrogen-bond donors (Lipinski definition) is 0. The van der Waals surface area contributed by atoms with Crippen molar-refractivity contribution in [3.63, 3.8) is 0 Å². The van der Waals surface area contributed by atoms with E-state index in [1.54, 1.807) is 21.3 Å². The van der Waals surface area contributed by atoms with Gasteiger partial charge in [0.25, 0.3) is 0 Å². The monoisotopic (exact) mass is 550 g/mol. The van der Waals surface area contributed by atoms with Crippen LogP contribution in [0.3, 0.4) is 0 Å². The van der Waals surface area contributed by atoms with Gasteiger partial charge >= 0.3 is 5.63 Å². The predicted octanol–water partition coefficient (Wildman–Crippen LogP) is 5.48. The fraction of sp³-hybridized carbons (Fsp3) is 0.467. The first-order chi connectivity index (χ1) is 18.5. The van der Waals surface area contributed by atoms with Crippen LogP contribution in [0.25, 0.3) is 21.9 Å². The van der Waals surface area contributed by atoms with Gasteiger partial charge in [-0.25, -0.2) is 13.2 Å². The fourth-order valence-electron chi connectivity index (χ4n) is 5.38. The molecular formula is C30H38N4O4S. The van der Waals surface area contributed by atoms with Crippen molar-refractivity contribution in [2.45, 2.75) is 70.9 Å². The lowest BCUT2D eigenvalue weighted by molar-refractivity contribution is 0.146. The van der Waals surface area contributed by atoms with Crippen LogP contribution in [0.1, 0.15) is 76.0 Å². The van der Waals surface area contributed by atoms with Crippen LogP contribution in [-0.2, 0) is 16.7 Å². The standard InChI is InChI=1S/C30H38N4O4S/c1-19(2)22-15-24(20(3)4)29(25(16-22)21(5)6)39(36,37)34-13-11-32(12-14-34)18-33-17-26-28(31-33)23-9-7-8-10-27(23)38-30(26)35/h7-10,15-17,19-21H,11-14,18H2,1-6H3. The Kier molecular flexibility index (Phi) is 7.43. The molecule has 0 N–H and O–H groups in total. The highest BCUT2D eigenvalue weighted by Crippen LogP contribution is 2.37. The Labute approximate surface area is 230 Å². The lowest BCUT2D eigenvalue weighted by Crippen LogP contribution is -2.49. The number of nitrogens with zero attached hydrogens (tertiary/aromatic N) is 4. The van der Waals surface area contributed by atoms with Crippen molar-refractivity contribution in [1.82, 2.24) is 19.0 Å². The third-order valence-electron chi connectivity index (χ3n) is 7.68. The summed E-state index contributed by atoms with van der Waals surface area (Å²) in [5, 5.41) is 5.92. The van der Waals surface area contributed by atoms with Gasteiger partial charge in [0.1, 0.15) is 16.5 Å². The molecule has 1 saturated heterocycles. The van der Waals surface area contributed by atoms with Gasteiger partial charge in [-0.05, 0) is 46.6 Å². The fourth-order valence-corrected chi connectivity index (χ4v) is 7.47. The SMILES string of the molecule is CC(C)c1cc(C(C)C)c(S(=O)(=O)N2CCN(Cn3cc4c(=O)oc5ccccc5c4n3)CC2)c(C(C)C)c1. The normalized spacial score (nSPS) is 15.9. The van der Waals surface area contributed by atoms with Crippen LogP contribution < -0.4 is 5.63 Å². The molecule has 4 aromatic rings. The smallest absolute Gasteiger partial charge is 0.347 e. The second kappa shape index (κ2) is 10.5. The molecule has 0 amide bonds. The molecule has 208 valence electrons. The Morgan fingerprint density at radius 1 is 0.872 bits per heavy atom. The molecule has 0 unspecified atom stereocenters. The van der Waals surface area contributed by atoms with Crippen LogP contribution in [0.5, 0.6) is 0 Å². The zero-order valence-corrected chi connectivity index (χ0v) is 24.5. The summed E-state index contributed by atoms with van der Waals surface area (Å²) in [5.74, 6) is 0.508. The van der Waals surface area contributed by atoms with Gasteiger partial charge in [-0.15, -0.1) is 0 Å². The van der Waals surface area contributed by atoms with Crippen LogP contribution in [0, 0.1) is 0 Å². The molecule has 3 heterocycles. The number of benzene rings is 2. The number of piperazine rings is 1. The van der Waals surface area contributed by atoms with Gasteiger partial charge < -0.3 is 4.42 Å². The summed E-state index contributed by atoms with van der Waals surface area (Å²) in [6, 6.07) is 11.6. The molecule has 8 nitrogen and oxygen atoms in total. The Hall–Kier alpha value is -3.01. The van der Waals surface area contributed by atoms with E-state index in [-0.39, 0.29) is 11.8 Å². The van der Waals surface area contributed by atoms with Crippen LogP contribution in [0.15, 0.2) is 56.7 Å². The number of aromatic nitrogens is 2. The molecule has 0 atom stereocenters. The van der Waals surface area contributed by atoms with Crippen molar-refractivity contribution >= 4 is 31.9 Å². The van der Waals surface area contributed by atoms with Gasteiger partial charge in [0, 0.05) is 37.8 Å². The minimum absolute atomic E-state index is 0.0925. The van der Waals surface area contributed by atoms with Gasteiger partial charge in [0.05, 0.1) is 11.6 Å². The maximum absolute atomic E-state index is 14.1. The summed E-state index contributed by atoms with van der Waals surface area (Å²) in [6.45, 7) is 15.0. The molecular weight excluding hydrogens is 512 g/mol. The van der Waals surface area contributed by atoms with Crippen molar-refractivity contribution in [2.75, 3.05) is 26.2 Å². The van der Waals surface area contributed by atoms with E-state index in [1.807, 2.05) is 18.2 Å². The van der Waals surface area contributed by atoms with Crippen molar-refractivity contribution in [2.24, 2.45) is 0 Å². The lowest BCUT2D eigenvalue weighted by Gasteiger charge is -2.35. The number of sulfonamides is 1. The van der Waals surface area contributed by atoms with E-state index in [4.69, 9.17) is 4.42 Å². The molecule has 2 aromatic heterocycles. The second-order valence-corrected chi connectivity index (χ2v) is 13.3. The Morgan fingerprint density at radius 3 is 2.08 bits per heavy atom. The highest BCUT2D eigenvalue weighted by atomic mass is 32.2. The highest BCUT2D eigenvalue weighted by molar-refractivity contribution is 7.89. The number of rotatable bonds is 7. The molecule has 9 heteroatoms. The first-order valence-corrected chi connectivity index (χ1v) is 15.2. The first kappa shape index (κ1) is 27.6. The van der Waals surface area contributed by atoms with Gasteiger partial charge in [-0.1, -0.05) is 65.8 Å². The van der Waals surface area contributed by atoms with E-state index in [0.29, 0.717) is 60.1 Å². The first-order valence-electron chi connectivity index (χ1n) is 13.8. The topological polar surface area (TPSA) is 88.7 Å². The van der Waals surface area contributed by atoms with Gasteiger partial charge in [0.2, 0.25) is 10.0 Å². The molecule has 0 bridgehead atoms. The van der Waals surface area contributed by atoms with Gasteiger partial charge in [-0.3, -0.25) is 9.58 Å². The lowest BCUT2D eigenvalue weighted by atomic mass is 9.89. The average molecular weight is 551 g/mol. The molecule has 0 spiro atoms. The molecule has 0 aliphatic carbocycles. The Bertz CT molecular complexity index is 1650. The summed E-state index contributed by atoms with van der Waals surface area (Å²) >= 11 is 0.